The molecule has 0 saturated carbocycles. The molecule has 0 aromatic heterocycles. The fraction of sp³-hybridized carbons (Fsp3) is 0.250. The molecule has 2 aromatic carbocycles. The van der Waals surface area contributed by atoms with Crippen LogP contribution in [0.5, 0.6) is 0 Å². The van der Waals surface area contributed by atoms with E-state index in [1.807, 2.05) is 0 Å². The zero-order chi connectivity index (χ0) is 14.8. The number of rotatable bonds is 2. The van der Waals surface area contributed by atoms with Crippen LogP contribution in [0.2, 0.25) is 0 Å². The highest BCUT2D eigenvalue weighted by Gasteiger charge is 2.17. The molecule has 2 aromatic rings. The fourth-order valence-electron chi connectivity index (χ4n) is 2.83. The van der Waals surface area contributed by atoms with Gasteiger partial charge in [0.05, 0.1) is 4.92 Å². The minimum Gasteiger partial charge on any atom is -0.393 e. The van der Waals surface area contributed by atoms with Crippen LogP contribution in [0.3, 0.4) is 0 Å². The maximum absolute atomic E-state index is 10.8. The predicted molar refractivity (Wildman–Crippen MR) is 83.6 cm³/mol. The minimum absolute atomic E-state index is 0.0307. The van der Waals surface area contributed by atoms with Crippen molar-refractivity contribution in [2.24, 2.45) is 0 Å². The molecule has 0 radical (unpaired) electrons. The molecule has 0 atom stereocenters. The summed E-state index contributed by atoms with van der Waals surface area (Å²) in [6.07, 6.45) is 1.96. The van der Waals surface area contributed by atoms with Crippen molar-refractivity contribution in [1.29, 1.82) is 0 Å². The number of nitro groups is 1. The van der Waals surface area contributed by atoms with E-state index in [2.05, 4.69) is 29.2 Å². The van der Waals surface area contributed by atoms with Crippen molar-refractivity contribution in [3.05, 3.63) is 63.7 Å². The first kappa shape index (κ1) is 13.4. The number of hydrogen-bond acceptors (Lipinski definition) is 4. The molecule has 0 unspecified atom stereocenters. The SMILES string of the molecule is Nc1cc(N2CCc3ccccc3CC2)ccc1[N+](=O)[O-]. The molecule has 1 heterocycles. The number of benzene rings is 2. The van der Waals surface area contributed by atoms with E-state index in [1.165, 1.54) is 17.2 Å². The van der Waals surface area contributed by atoms with Gasteiger partial charge in [-0.3, -0.25) is 10.1 Å². The van der Waals surface area contributed by atoms with Crippen LogP contribution in [-0.4, -0.2) is 18.0 Å². The second kappa shape index (κ2) is 5.44. The van der Waals surface area contributed by atoms with Gasteiger partial charge in [0.2, 0.25) is 0 Å². The van der Waals surface area contributed by atoms with E-state index >= 15 is 0 Å². The zero-order valence-electron chi connectivity index (χ0n) is 11.7. The van der Waals surface area contributed by atoms with Crippen molar-refractivity contribution >= 4 is 17.1 Å². The van der Waals surface area contributed by atoms with E-state index < -0.39 is 4.92 Å². The summed E-state index contributed by atoms with van der Waals surface area (Å²) in [4.78, 5) is 12.6. The van der Waals surface area contributed by atoms with Gasteiger partial charge in [-0.2, -0.15) is 0 Å². The summed E-state index contributed by atoms with van der Waals surface area (Å²) < 4.78 is 0. The molecular formula is C16H17N3O2. The van der Waals surface area contributed by atoms with E-state index in [-0.39, 0.29) is 11.4 Å². The Bertz CT molecular complexity index is 658. The average molecular weight is 283 g/mol. The summed E-state index contributed by atoms with van der Waals surface area (Å²) in [5.74, 6) is 0. The predicted octanol–water partition coefficient (Wildman–Crippen LogP) is 2.78. The highest BCUT2D eigenvalue weighted by molar-refractivity contribution is 5.66. The van der Waals surface area contributed by atoms with Gasteiger partial charge >= 0.3 is 0 Å². The largest absolute Gasteiger partial charge is 0.393 e. The van der Waals surface area contributed by atoms with Crippen LogP contribution in [0, 0.1) is 10.1 Å². The number of nitrogen functional groups attached to an aromatic ring is 1. The van der Waals surface area contributed by atoms with Gasteiger partial charge in [0, 0.05) is 24.8 Å². The Kier molecular flexibility index (Phi) is 3.48. The van der Waals surface area contributed by atoms with E-state index in [9.17, 15) is 10.1 Å². The molecule has 0 fully saturated rings. The van der Waals surface area contributed by atoms with Gasteiger partial charge in [0.1, 0.15) is 5.69 Å². The maximum atomic E-state index is 10.8. The van der Waals surface area contributed by atoms with E-state index in [0.29, 0.717) is 0 Å². The van der Waals surface area contributed by atoms with Crippen LogP contribution in [0.4, 0.5) is 17.1 Å². The molecule has 21 heavy (non-hydrogen) atoms. The van der Waals surface area contributed by atoms with Crippen molar-refractivity contribution in [1.82, 2.24) is 0 Å². The van der Waals surface area contributed by atoms with Crippen LogP contribution in [0.25, 0.3) is 0 Å². The standard InChI is InChI=1S/C16H17N3O2/c17-15-11-14(5-6-16(15)19(20)21)18-9-7-12-3-1-2-4-13(12)8-10-18/h1-6,11H,7-10,17H2. The molecule has 1 aliphatic rings. The van der Waals surface area contributed by atoms with Gasteiger partial charge < -0.3 is 10.6 Å². The molecule has 1 aliphatic heterocycles. The van der Waals surface area contributed by atoms with Crippen LogP contribution < -0.4 is 10.6 Å². The third-order valence-electron chi connectivity index (χ3n) is 3.99. The van der Waals surface area contributed by atoms with E-state index in [1.54, 1.807) is 12.1 Å². The summed E-state index contributed by atoms with van der Waals surface area (Å²) in [5.41, 5.74) is 9.69. The van der Waals surface area contributed by atoms with Gasteiger partial charge in [0.25, 0.3) is 5.69 Å². The number of nitro benzene ring substituents is 1. The number of anilines is 2. The first-order chi connectivity index (χ1) is 10.1. The van der Waals surface area contributed by atoms with Crippen molar-refractivity contribution in [3.8, 4) is 0 Å². The fourth-order valence-corrected chi connectivity index (χ4v) is 2.83. The quantitative estimate of drug-likeness (QED) is 0.522. The molecule has 2 N–H and O–H groups in total. The minimum atomic E-state index is -0.447. The molecule has 0 amide bonds. The smallest absolute Gasteiger partial charge is 0.292 e. The number of nitrogens with two attached hydrogens (primary N) is 1. The second-order valence-electron chi connectivity index (χ2n) is 5.26. The lowest BCUT2D eigenvalue weighted by Gasteiger charge is -2.22. The monoisotopic (exact) mass is 283 g/mol. The normalized spacial score (nSPS) is 14.4. The Balaban J connectivity index is 1.83. The molecule has 3 rings (SSSR count). The van der Waals surface area contributed by atoms with Gasteiger partial charge in [-0.25, -0.2) is 0 Å². The third-order valence-corrected chi connectivity index (χ3v) is 3.99. The molecule has 5 heteroatoms. The molecule has 0 spiro atoms. The van der Waals surface area contributed by atoms with E-state index in [4.69, 9.17) is 5.73 Å². The topological polar surface area (TPSA) is 72.4 Å². The summed E-state index contributed by atoms with van der Waals surface area (Å²) in [6.45, 7) is 1.79. The lowest BCUT2D eigenvalue weighted by Crippen LogP contribution is -2.26. The number of hydrogen-bond donors (Lipinski definition) is 1. The summed E-state index contributed by atoms with van der Waals surface area (Å²) in [7, 11) is 0. The summed E-state index contributed by atoms with van der Waals surface area (Å²) >= 11 is 0. The summed E-state index contributed by atoms with van der Waals surface area (Å²) in [6, 6.07) is 13.4. The third kappa shape index (κ3) is 2.67. The molecule has 0 bridgehead atoms. The van der Waals surface area contributed by atoms with Gasteiger partial charge in [-0.05, 0) is 36.1 Å². The summed E-state index contributed by atoms with van der Waals surface area (Å²) in [5, 5.41) is 10.8. The first-order valence-corrected chi connectivity index (χ1v) is 7.01. The molecular weight excluding hydrogens is 266 g/mol. The first-order valence-electron chi connectivity index (χ1n) is 7.01. The Morgan fingerprint density at radius 2 is 1.67 bits per heavy atom. The highest BCUT2D eigenvalue weighted by Crippen LogP contribution is 2.28. The highest BCUT2D eigenvalue weighted by atomic mass is 16.6. The lowest BCUT2D eigenvalue weighted by molar-refractivity contribution is -0.383. The molecule has 108 valence electrons. The molecule has 5 nitrogen and oxygen atoms in total. The Labute approximate surface area is 123 Å². The zero-order valence-corrected chi connectivity index (χ0v) is 11.7. The van der Waals surface area contributed by atoms with Crippen LogP contribution >= 0.6 is 0 Å². The van der Waals surface area contributed by atoms with Crippen LogP contribution in [0.1, 0.15) is 11.1 Å². The Morgan fingerprint density at radius 3 is 2.19 bits per heavy atom. The number of nitrogens with zero attached hydrogens (tertiary/aromatic N) is 2. The Morgan fingerprint density at radius 1 is 1.05 bits per heavy atom. The lowest BCUT2D eigenvalue weighted by atomic mass is 10.0. The van der Waals surface area contributed by atoms with Crippen LogP contribution in [0.15, 0.2) is 42.5 Å². The van der Waals surface area contributed by atoms with Gasteiger partial charge in [0.15, 0.2) is 0 Å². The molecule has 0 saturated heterocycles. The van der Waals surface area contributed by atoms with Crippen molar-refractivity contribution in [2.75, 3.05) is 23.7 Å². The second-order valence-corrected chi connectivity index (χ2v) is 5.26. The van der Waals surface area contributed by atoms with Crippen molar-refractivity contribution in [2.45, 2.75) is 12.8 Å². The van der Waals surface area contributed by atoms with Crippen molar-refractivity contribution < 1.29 is 4.92 Å². The van der Waals surface area contributed by atoms with Gasteiger partial charge in [-0.1, -0.05) is 24.3 Å². The van der Waals surface area contributed by atoms with Crippen molar-refractivity contribution in [3.63, 3.8) is 0 Å². The van der Waals surface area contributed by atoms with E-state index in [0.717, 1.165) is 31.6 Å². The molecule has 0 aliphatic carbocycles. The van der Waals surface area contributed by atoms with Crippen LogP contribution in [-0.2, 0) is 12.8 Å². The van der Waals surface area contributed by atoms with Gasteiger partial charge in [-0.15, -0.1) is 0 Å². The number of fused-ring (bicyclic) bond motifs is 1. The Hall–Kier alpha value is -2.56. The maximum Gasteiger partial charge on any atom is 0.292 e. The average Bonchev–Trinajstić information content (AvgIpc) is 2.69.